The number of methoxy groups -OCH3 is 1. The van der Waals surface area contributed by atoms with Gasteiger partial charge >= 0.3 is 0 Å². The van der Waals surface area contributed by atoms with E-state index in [2.05, 4.69) is 43.6 Å². The molecule has 0 aromatic heterocycles. The molecule has 1 amide bonds. The van der Waals surface area contributed by atoms with Crippen LogP contribution in [0.5, 0.6) is 0 Å². The second-order valence-electron chi connectivity index (χ2n) is 5.15. The molecule has 0 radical (unpaired) electrons. The number of rotatable bonds is 7. The van der Waals surface area contributed by atoms with Gasteiger partial charge in [-0.2, -0.15) is 0 Å². The minimum absolute atomic E-state index is 0.0498. The molecule has 5 nitrogen and oxygen atoms in total. The van der Waals surface area contributed by atoms with Gasteiger partial charge in [-0.25, -0.2) is 0 Å². The lowest BCUT2D eigenvalue weighted by molar-refractivity contribution is -0.120. The molecule has 1 aromatic carbocycles. The zero-order chi connectivity index (χ0) is 15.1. The maximum atomic E-state index is 11.8. The summed E-state index contributed by atoms with van der Waals surface area (Å²) in [5.41, 5.74) is 1.20. The Hall–Kier alpha value is -1.11. The van der Waals surface area contributed by atoms with Crippen LogP contribution in [-0.4, -0.2) is 51.8 Å². The number of ether oxygens (including phenoxy) is 1. The van der Waals surface area contributed by atoms with Crippen LogP contribution in [0.15, 0.2) is 28.7 Å². The van der Waals surface area contributed by atoms with Crippen molar-refractivity contribution in [3.63, 3.8) is 0 Å². The highest BCUT2D eigenvalue weighted by atomic mass is 79.9. The van der Waals surface area contributed by atoms with Crippen LogP contribution >= 0.6 is 15.9 Å². The first kappa shape index (κ1) is 16.3. The molecule has 0 bridgehead atoms. The Morgan fingerprint density at radius 1 is 1.43 bits per heavy atom. The number of amides is 1. The largest absolute Gasteiger partial charge is 0.383 e. The maximum absolute atomic E-state index is 11.8. The number of carbonyl (C=O) groups is 1. The summed E-state index contributed by atoms with van der Waals surface area (Å²) in [6.45, 7) is 3.50. The first-order valence-corrected chi connectivity index (χ1v) is 7.98. The average Bonchev–Trinajstić information content (AvgIpc) is 2.93. The predicted molar refractivity (Wildman–Crippen MR) is 87.6 cm³/mol. The van der Waals surface area contributed by atoms with Gasteiger partial charge in [0.2, 0.25) is 5.91 Å². The fourth-order valence-corrected chi connectivity index (χ4v) is 2.68. The molecule has 2 N–H and O–H groups in total. The van der Waals surface area contributed by atoms with Crippen LogP contribution in [0.2, 0.25) is 0 Å². The van der Waals surface area contributed by atoms with E-state index in [4.69, 9.17) is 4.74 Å². The highest BCUT2D eigenvalue weighted by Crippen LogP contribution is 2.22. The molecule has 0 spiro atoms. The quantitative estimate of drug-likeness (QED) is 0.725. The Morgan fingerprint density at radius 3 is 2.90 bits per heavy atom. The number of nitrogens with zero attached hydrogens (tertiary/aromatic N) is 1. The van der Waals surface area contributed by atoms with Gasteiger partial charge in [0.15, 0.2) is 0 Å². The van der Waals surface area contributed by atoms with Gasteiger partial charge < -0.3 is 20.3 Å². The summed E-state index contributed by atoms with van der Waals surface area (Å²) in [6, 6.07) is 8.51. The third kappa shape index (κ3) is 5.30. The Labute approximate surface area is 134 Å². The molecule has 1 unspecified atom stereocenters. The van der Waals surface area contributed by atoms with Crippen molar-refractivity contribution >= 4 is 27.5 Å². The van der Waals surface area contributed by atoms with E-state index in [1.807, 2.05) is 12.1 Å². The summed E-state index contributed by atoms with van der Waals surface area (Å²) >= 11 is 3.44. The van der Waals surface area contributed by atoms with E-state index in [0.717, 1.165) is 24.0 Å². The van der Waals surface area contributed by atoms with E-state index in [0.29, 0.717) is 19.7 Å². The van der Waals surface area contributed by atoms with Gasteiger partial charge in [0, 0.05) is 42.9 Å². The molecule has 1 aliphatic heterocycles. The summed E-state index contributed by atoms with van der Waals surface area (Å²) < 4.78 is 6.01. The number of hydrogen-bond donors (Lipinski definition) is 2. The van der Waals surface area contributed by atoms with Crippen molar-refractivity contribution < 1.29 is 9.53 Å². The molecule has 2 rings (SSSR count). The summed E-state index contributed by atoms with van der Waals surface area (Å²) in [7, 11) is 1.65. The van der Waals surface area contributed by atoms with Gasteiger partial charge in [0.1, 0.15) is 0 Å². The van der Waals surface area contributed by atoms with Crippen molar-refractivity contribution in [1.82, 2.24) is 10.6 Å². The zero-order valence-corrected chi connectivity index (χ0v) is 13.9. The molecule has 6 heteroatoms. The standard InChI is InChI=1S/C15H22BrN3O2/c1-21-9-7-17-10-15(20)18-13-6-8-19(11-13)14-4-2-12(16)3-5-14/h2-5,13,17H,6-11H2,1H3,(H,18,20). The van der Waals surface area contributed by atoms with Crippen LogP contribution < -0.4 is 15.5 Å². The van der Waals surface area contributed by atoms with Crippen LogP contribution in [0.3, 0.4) is 0 Å². The summed E-state index contributed by atoms with van der Waals surface area (Å²) in [6.07, 6.45) is 0.986. The minimum atomic E-state index is 0.0498. The van der Waals surface area contributed by atoms with Gasteiger partial charge in [0.05, 0.1) is 13.2 Å². The fraction of sp³-hybridized carbons (Fsp3) is 0.533. The molecule has 1 fully saturated rings. The van der Waals surface area contributed by atoms with Crippen LogP contribution in [-0.2, 0) is 9.53 Å². The Morgan fingerprint density at radius 2 is 2.19 bits per heavy atom. The second kappa shape index (κ2) is 8.36. The van der Waals surface area contributed by atoms with E-state index < -0.39 is 0 Å². The highest BCUT2D eigenvalue weighted by Gasteiger charge is 2.23. The molecule has 116 valence electrons. The minimum Gasteiger partial charge on any atom is -0.383 e. The van der Waals surface area contributed by atoms with Crippen molar-refractivity contribution in [2.75, 3.05) is 44.8 Å². The van der Waals surface area contributed by atoms with E-state index in [9.17, 15) is 4.79 Å². The van der Waals surface area contributed by atoms with E-state index in [-0.39, 0.29) is 11.9 Å². The van der Waals surface area contributed by atoms with Crippen molar-refractivity contribution in [2.24, 2.45) is 0 Å². The SMILES string of the molecule is COCCNCC(=O)NC1CCN(c2ccc(Br)cc2)C1. The van der Waals surface area contributed by atoms with E-state index >= 15 is 0 Å². The number of benzene rings is 1. The number of hydrogen-bond acceptors (Lipinski definition) is 4. The smallest absolute Gasteiger partial charge is 0.234 e. The lowest BCUT2D eigenvalue weighted by Gasteiger charge is -2.19. The Balaban J connectivity index is 1.72. The number of carbonyl (C=O) groups excluding carboxylic acids is 1. The zero-order valence-electron chi connectivity index (χ0n) is 12.3. The fourth-order valence-electron chi connectivity index (χ4n) is 2.42. The van der Waals surface area contributed by atoms with Gasteiger partial charge in [-0.3, -0.25) is 4.79 Å². The van der Waals surface area contributed by atoms with Crippen molar-refractivity contribution in [2.45, 2.75) is 12.5 Å². The summed E-state index contributed by atoms with van der Waals surface area (Å²) in [4.78, 5) is 14.1. The lowest BCUT2D eigenvalue weighted by Crippen LogP contribution is -2.42. The highest BCUT2D eigenvalue weighted by molar-refractivity contribution is 9.10. The number of nitrogens with one attached hydrogen (secondary N) is 2. The third-order valence-corrected chi connectivity index (χ3v) is 4.04. The molecule has 0 aliphatic carbocycles. The van der Waals surface area contributed by atoms with Crippen molar-refractivity contribution in [3.05, 3.63) is 28.7 Å². The molecule has 0 saturated carbocycles. The van der Waals surface area contributed by atoms with Crippen LogP contribution in [0.4, 0.5) is 5.69 Å². The number of halogens is 1. The van der Waals surface area contributed by atoms with Gasteiger partial charge in [-0.15, -0.1) is 0 Å². The first-order valence-electron chi connectivity index (χ1n) is 7.18. The molecule has 1 saturated heterocycles. The molecule has 1 atom stereocenters. The average molecular weight is 356 g/mol. The van der Waals surface area contributed by atoms with Crippen molar-refractivity contribution in [1.29, 1.82) is 0 Å². The van der Waals surface area contributed by atoms with Gasteiger partial charge in [0.25, 0.3) is 0 Å². The molecule has 1 aromatic rings. The lowest BCUT2D eigenvalue weighted by atomic mass is 10.2. The second-order valence-corrected chi connectivity index (χ2v) is 6.06. The van der Waals surface area contributed by atoms with Crippen LogP contribution in [0, 0.1) is 0 Å². The summed E-state index contributed by atoms with van der Waals surface area (Å²) in [5, 5.41) is 6.13. The predicted octanol–water partition coefficient (Wildman–Crippen LogP) is 1.38. The molecular weight excluding hydrogens is 334 g/mol. The van der Waals surface area contributed by atoms with Gasteiger partial charge in [-0.05, 0) is 30.7 Å². The normalized spacial score (nSPS) is 18.0. The van der Waals surface area contributed by atoms with Crippen LogP contribution in [0.25, 0.3) is 0 Å². The molecule has 1 heterocycles. The van der Waals surface area contributed by atoms with Gasteiger partial charge in [-0.1, -0.05) is 15.9 Å². The summed E-state index contributed by atoms with van der Waals surface area (Å²) in [5.74, 6) is 0.0498. The molecule has 21 heavy (non-hydrogen) atoms. The monoisotopic (exact) mass is 355 g/mol. The topological polar surface area (TPSA) is 53.6 Å². The number of anilines is 1. The maximum Gasteiger partial charge on any atom is 0.234 e. The molecule has 1 aliphatic rings. The van der Waals surface area contributed by atoms with E-state index in [1.54, 1.807) is 7.11 Å². The van der Waals surface area contributed by atoms with E-state index in [1.165, 1.54) is 5.69 Å². The molecular formula is C15H22BrN3O2. The Kier molecular flexibility index (Phi) is 6.48. The van der Waals surface area contributed by atoms with Crippen LogP contribution in [0.1, 0.15) is 6.42 Å². The first-order chi connectivity index (χ1) is 10.2. The van der Waals surface area contributed by atoms with Crippen molar-refractivity contribution in [3.8, 4) is 0 Å². The third-order valence-electron chi connectivity index (χ3n) is 3.51. The Bertz CT molecular complexity index is 453.